The van der Waals surface area contributed by atoms with Crippen LogP contribution in [0.15, 0.2) is 24.3 Å². The molecule has 0 radical (unpaired) electrons. The molecule has 118 valence electrons. The zero-order valence-corrected chi connectivity index (χ0v) is 13.1. The first-order valence-electron chi connectivity index (χ1n) is 7.46. The second-order valence-corrected chi connectivity index (χ2v) is 5.45. The molecule has 5 nitrogen and oxygen atoms in total. The third kappa shape index (κ3) is 7.11. The fourth-order valence-corrected chi connectivity index (χ4v) is 2.00. The van der Waals surface area contributed by atoms with Gasteiger partial charge in [-0.3, -0.25) is 4.79 Å². The van der Waals surface area contributed by atoms with E-state index in [4.69, 9.17) is 4.74 Å². The fraction of sp³-hybridized carbons (Fsp3) is 0.562. The predicted octanol–water partition coefficient (Wildman–Crippen LogP) is 0.249. The van der Waals surface area contributed by atoms with Gasteiger partial charge < -0.3 is 20.5 Å². The van der Waals surface area contributed by atoms with Crippen molar-refractivity contribution >= 4 is 5.91 Å². The number of nitrogens with one attached hydrogen (secondary N) is 1. The van der Waals surface area contributed by atoms with Gasteiger partial charge >= 0.3 is 0 Å². The minimum Gasteiger partial charge on any atom is -0.490 e. The summed E-state index contributed by atoms with van der Waals surface area (Å²) in [5.41, 5.74) is 1.15. The fourth-order valence-electron chi connectivity index (χ4n) is 2.00. The Labute approximate surface area is 126 Å². The Hall–Kier alpha value is -1.59. The van der Waals surface area contributed by atoms with E-state index in [0.29, 0.717) is 19.0 Å². The number of ether oxygens (including phenoxy) is 1. The molecular formula is C16H27N2O3+. The van der Waals surface area contributed by atoms with Crippen molar-refractivity contribution in [2.24, 2.45) is 0 Å². The Morgan fingerprint density at radius 3 is 2.76 bits per heavy atom. The van der Waals surface area contributed by atoms with E-state index in [1.807, 2.05) is 29.6 Å². The smallest absolute Gasteiger partial charge is 0.217 e. The van der Waals surface area contributed by atoms with Gasteiger partial charge in [-0.05, 0) is 17.5 Å². The molecule has 0 spiro atoms. The van der Waals surface area contributed by atoms with Crippen molar-refractivity contribution in [1.29, 1.82) is 0 Å². The zero-order chi connectivity index (χ0) is 15.7. The maximum atomic E-state index is 10.7. The van der Waals surface area contributed by atoms with Crippen LogP contribution in [0, 0.1) is 0 Å². The molecule has 1 rings (SSSR count). The highest BCUT2D eigenvalue weighted by atomic mass is 16.5. The van der Waals surface area contributed by atoms with Crippen molar-refractivity contribution in [2.75, 3.05) is 26.2 Å². The van der Waals surface area contributed by atoms with Crippen LogP contribution in [0.25, 0.3) is 0 Å². The third-order valence-corrected chi connectivity index (χ3v) is 3.13. The first-order chi connectivity index (χ1) is 10.0. The topological polar surface area (TPSA) is 75.2 Å². The van der Waals surface area contributed by atoms with Crippen molar-refractivity contribution in [3.63, 3.8) is 0 Å². The van der Waals surface area contributed by atoms with E-state index in [1.54, 1.807) is 0 Å². The number of aliphatic hydroxyl groups excluding tert-OH is 1. The molecule has 0 aliphatic carbocycles. The van der Waals surface area contributed by atoms with Crippen LogP contribution in [0.1, 0.15) is 32.3 Å². The monoisotopic (exact) mass is 295 g/mol. The number of hydrogen-bond acceptors (Lipinski definition) is 3. The standard InChI is InChI=1S/C16H26N2O3/c1-12(2)15-6-4-5-7-16(15)21-11-14(20)10-17-8-9-18-13(3)19/h4-7,12,14,17,20H,8-11H2,1-3H3,(H,18,19)/p+1/t14-/m0/s1. The van der Waals surface area contributed by atoms with Crippen molar-refractivity contribution in [3.8, 4) is 5.75 Å². The number of carbonyl (C=O) groups excluding carboxylic acids is 1. The molecule has 1 aromatic rings. The zero-order valence-electron chi connectivity index (χ0n) is 13.1. The third-order valence-electron chi connectivity index (χ3n) is 3.13. The van der Waals surface area contributed by atoms with Crippen LogP contribution < -0.4 is 15.4 Å². The number of aliphatic hydroxyl groups is 1. The molecule has 0 bridgehead atoms. The van der Waals surface area contributed by atoms with E-state index in [1.165, 1.54) is 6.92 Å². The number of benzene rings is 1. The molecule has 1 atom stereocenters. The summed E-state index contributed by atoms with van der Waals surface area (Å²) in [5.74, 6) is 1.20. The van der Waals surface area contributed by atoms with Gasteiger partial charge in [-0.25, -0.2) is 0 Å². The van der Waals surface area contributed by atoms with E-state index in [2.05, 4.69) is 19.2 Å². The molecule has 1 aromatic carbocycles. The van der Waals surface area contributed by atoms with Crippen LogP contribution in [0.5, 0.6) is 5.75 Å². The number of nitrogens with two attached hydrogens (primary N) is 1. The Morgan fingerprint density at radius 1 is 1.38 bits per heavy atom. The van der Waals surface area contributed by atoms with E-state index >= 15 is 0 Å². The SMILES string of the molecule is CC(=O)NCC[NH2+]C[C@H](O)COc1ccccc1C(C)C. The molecule has 0 aliphatic heterocycles. The van der Waals surface area contributed by atoms with E-state index in [9.17, 15) is 9.90 Å². The Morgan fingerprint density at radius 2 is 2.10 bits per heavy atom. The van der Waals surface area contributed by atoms with Gasteiger partial charge in [0, 0.05) is 6.92 Å². The second-order valence-electron chi connectivity index (χ2n) is 5.45. The summed E-state index contributed by atoms with van der Waals surface area (Å²) >= 11 is 0. The Kier molecular flexibility index (Phi) is 7.79. The van der Waals surface area contributed by atoms with Crippen molar-refractivity contribution in [3.05, 3.63) is 29.8 Å². The van der Waals surface area contributed by atoms with E-state index in [0.717, 1.165) is 17.9 Å². The lowest BCUT2D eigenvalue weighted by atomic mass is 10.0. The lowest BCUT2D eigenvalue weighted by Crippen LogP contribution is -2.88. The number of carbonyl (C=O) groups is 1. The minimum absolute atomic E-state index is 0.0300. The summed E-state index contributed by atoms with van der Waals surface area (Å²) in [7, 11) is 0. The average Bonchev–Trinajstić information content (AvgIpc) is 2.44. The van der Waals surface area contributed by atoms with Gasteiger partial charge in [-0.15, -0.1) is 0 Å². The van der Waals surface area contributed by atoms with Crippen molar-refractivity contribution < 1.29 is 20.0 Å². The summed E-state index contributed by atoms with van der Waals surface area (Å²) in [5, 5.41) is 14.6. The van der Waals surface area contributed by atoms with Gasteiger partial charge in [0.2, 0.25) is 5.91 Å². The molecule has 0 aliphatic rings. The largest absolute Gasteiger partial charge is 0.490 e. The highest BCUT2D eigenvalue weighted by molar-refractivity contribution is 5.72. The molecule has 0 fully saturated rings. The number of hydrogen-bond donors (Lipinski definition) is 3. The maximum absolute atomic E-state index is 10.7. The summed E-state index contributed by atoms with van der Waals surface area (Å²) < 4.78 is 5.72. The molecule has 0 aromatic heterocycles. The number of rotatable bonds is 9. The van der Waals surface area contributed by atoms with E-state index < -0.39 is 6.10 Å². The predicted molar refractivity (Wildman–Crippen MR) is 82.4 cm³/mol. The van der Waals surface area contributed by atoms with Crippen LogP contribution in [-0.2, 0) is 4.79 Å². The number of quaternary nitrogens is 1. The first kappa shape index (κ1) is 17.5. The van der Waals surface area contributed by atoms with Gasteiger partial charge in [0.15, 0.2) is 0 Å². The van der Waals surface area contributed by atoms with Crippen molar-refractivity contribution in [2.45, 2.75) is 32.8 Å². The van der Waals surface area contributed by atoms with Gasteiger partial charge in [-0.1, -0.05) is 32.0 Å². The van der Waals surface area contributed by atoms with Gasteiger partial charge in [-0.2, -0.15) is 0 Å². The number of amides is 1. The van der Waals surface area contributed by atoms with Crippen LogP contribution in [0.4, 0.5) is 0 Å². The average molecular weight is 295 g/mol. The maximum Gasteiger partial charge on any atom is 0.217 e. The molecule has 4 N–H and O–H groups in total. The number of para-hydroxylation sites is 1. The Bertz CT molecular complexity index is 435. The minimum atomic E-state index is -0.525. The lowest BCUT2D eigenvalue weighted by molar-refractivity contribution is -0.659. The lowest BCUT2D eigenvalue weighted by Gasteiger charge is -2.16. The van der Waals surface area contributed by atoms with Crippen LogP contribution in [-0.4, -0.2) is 43.4 Å². The summed E-state index contributed by atoms with van der Waals surface area (Å²) in [6, 6.07) is 7.91. The van der Waals surface area contributed by atoms with Crippen molar-refractivity contribution in [1.82, 2.24) is 5.32 Å². The summed E-state index contributed by atoms with van der Waals surface area (Å²) in [6.45, 7) is 7.93. The molecule has 5 heteroatoms. The molecule has 0 saturated heterocycles. The quantitative estimate of drug-likeness (QED) is 0.572. The highest BCUT2D eigenvalue weighted by Crippen LogP contribution is 2.25. The highest BCUT2D eigenvalue weighted by Gasteiger charge is 2.11. The molecule has 0 saturated carbocycles. The van der Waals surface area contributed by atoms with Gasteiger partial charge in [0.1, 0.15) is 25.0 Å². The molecule has 0 heterocycles. The molecule has 21 heavy (non-hydrogen) atoms. The molecule has 0 unspecified atom stereocenters. The Balaban J connectivity index is 2.27. The molecular weight excluding hydrogens is 268 g/mol. The first-order valence-corrected chi connectivity index (χ1v) is 7.46. The summed E-state index contributed by atoms with van der Waals surface area (Å²) in [6.07, 6.45) is -0.525. The van der Waals surface area contributed by atoms with E-state index in [-0.39, 0.29) is 12.5 Å². The summed E-state index contributed by atoms with van der Waals surface area (Å²) in [4.78, 5) is 10.7. The van der Waals surface area contributed by atoms with Crippen LogP contribution >= 0.6 is 0 Å². The molecule has 1 amide bonds. The normalized spacial score (nSPS) is 12.2. The van der Waals surface area contributed by atoms with Gasteiger partial charge in [0.05, 0.1) is 13.1 Å². The van der Waals surface area contributed by atoms with Gasteiger partial charge in [0.25, 0.3) is 0 Å². The van der Waals surface area contributed by atoms with Crippen LogP contribution in [0.3, 0.4) is 0 Å². The van der Waals surface area contributed by atoms with Crippen LogP contribution in [0.2, 0.25) is 0 Å². The second kappa shape index (κ2) is 9.37.